The Hall–Kier alpha value is -1.10. The van der Waals surface area contributed by atoms with Gasteiger partial charge >= 0.3 is 5.97 Å². The van der Waals surface area contributed by atoms with Crippen molar-refractivity contribution in [3.05, 3.63) is 0 Å². The predicted molar refractivity (Wildman–Crippen MR) is 49.1 cm³/mol. The second-order valence-corrected chi connectivity index (χ2v) is 3.64. The summed E-state index contributed by atoms with van der Waals surface area (Å²) in [6.45, 7) is 1.73. The predicted octanol–water partition coefficient (Wildman–Crippen LogP) is 0.400. The smallest absolute Gasteiger partial charge is 0.324 e. The van der Waals surface area contributed by atoms with E-state index in [-0.39, 0.29) is 6.47 Å². The van der Waals surface area contributed by atoms with Gasteiger partial charge in [-0.2, -0.15) is 0 Å². The molecule has 5 heteroatoms. The molecule has 0 radical (unpaired) electrons. The zero-order chi connectivity index (χ0) is 10.6. The summed E-state index contributed by atoms with van der Waals surface area (Å²) < 4.78 is 0. The minimum Gasteiger partial charge on any atom is -0.483 e. The van der Waals surface area contributed by atoms with Crippen LogP contribution in [0.1, 0.15) is 25.7 Å². The summed E-state index contributed by atoms with van der Waals surface area (Å²) in [5, 5.41) is 15.9. The topological polar surface area (TPSA) is 77.8 Å². The van der Waals surface area contributed by atoms with Crippen molar-refractivity contribution in [3.8, 4) is 0 Å². The SMILES string of the molecule is O=C(O)C12CCCN1CCC2.O=CO. The summed E-state index contributed by atoms with van der Waals surface area (Å²) in [5.74, 6) is -0.604. The van der Waals surface area contributed by atoms with Crippen LogP contribution < -0.4 is 0 Å². The van der Waals surface area contributed by atoms with E-state index >= 15 is 0 Å². The van der Waals surface area contributed by atoms with Crippen LogP contribution in [0.25, 0.3) is 0 Å². The number of hydrogen-bond donors (Lipinski definition) is 2. The lowest BCUT2D eigenvalue weighted by atomic mass is 9.95. The third kappa shape index (κ3) is 1.72. The fraction of sp³-hybridized carbons (Fsp3) is 0.778. The fourth-order valence-corrected chi connectivity index (χ4v) is 2.45. The second kappa shape index (κ2) is 4.41. The normalized spacial score (nSPS) is 23.4. The molecule has 0 aromatic rings. The van der Waals surface area contributed by atoms with Gasteiger partial charge in [-0.1, -0.05) is 0 Å². The zero-order valence-corrected chi connectivity index (χ0v) is 7.98. The summed E-state index contributed by atoms with van der Waals surface area (Å²) in [6.07, 6.45) is 3.85. The highest BCUT2D eigenvalue weighted by atomic mass is 16.4. The zero-order valence-electron chi connectivity index (χ0n) is 7.98. The van der Waals surface area contributed by atoms with E-state index < -0.39 is 11.5 Å². The summed E-state index contributed by atoms with van der Waals surface area (Å²) in [6, 6.07) is 0. The van der Waals surface area contributed by atoms with Gasteiger partial charge in [0.15, 0.2) is 0 Å². The van der Waals surface area contributed by atoms with Crippen molar-refractivity contribution < 1.29 is 19.8 Å². The molecule has 2 saturated heterocycles. The molecule has 2 aliphatic rings. The largest absolute Gasteiger partial charge is 0.483 e. The first-order valence-corrected chi connectivity index (χ1v) is 4.73. The van der Waals surface area contributed by atoms with Gasteiger partial charge in [0, 0.05) is 0 Å². The number of nitrogens with zero attached hydrogens (tertiary/aromatic N) is 1. The Balaban J connectivity index is 0.000000293. The molecular formula is C9H15NO4. The molecule has 0 amide bonds. The van der Waals surface area contributed by atoms with Crippen molar-refractivity contribution in [2.45, 2.75) is 31.2 Å². The molecule has 5 nitrogen and oxygen atoms in total. The van der Waals surface area contributed by atoms with Crippen LogP contribution in [0.3, 0.4) is 0 Å². The lowest BCUT2D eigenvalue weighted by Crippen LogP contribution is -2.45. The Morgan fingerprint density at radius 3 is 2.00 bits per heavy atom. The molecule has 2 rings (SSSR count). The van der Waals surface area contributed by atoms with Crippen molar-refractivity contribution in [3.63, 3.8) is 0 Å². The third-order valence-corrected chi connectivity index (χ3v) is 3.04. The molecular weight excluding hydrogens is 186 g/mol. The number of aliphatic carboxylic acids is 1. The Kier molecular flexibility index (Phi) is 3.46. The van der Waals surface area contributed by atoms with Crippen LogP contribution in [0.15, 0.2) is 0 Å². The summed E-state index contributed by atoms with van der Waals surface area (Å²) in [7, 11) is 0. The molecule has 0 saturated carbocycles. The highest BCUT2D eigenvalue weighted by Crippen LogP contribution is 2.38. The van der Waals surface area contributed by atoms with Crippen molar-refractivity contribution in [1.82, 2.24) is 4.90 Å². The lowest BCUT2D eigenvalue weighted by Gasteiger charge is -2.26. The summed E-state index contributed by atoms with van der Waals surface area (Å²) in [5.41, 5.74) is -0.444. The second-order valence-electron chi connectivity index (χ2n) is 3.64. The minimum absolute atomic E-state index is 0.250. The van der Waals surface area contributed by atoms with E-state index in [4.69, 9.17) is 15.0 Å². The standard InChI is InChI=1S/C8H13NO2.CH2O2/c10-7(11)8-3-1-5-9(8)6-2-4-8;2-1-3/h1-6H2,(H,10,11);1H,(H,2,3). The number of carbonyl (C=O) groups is 2. The van der Waals surface area contributed by atoms with Crippen LogP contribution in [0.4, 0.5) is 0 Å². The number of fused-ring (bicyclic) bond motifs is 1. The molecule has 0 aliphatic carbocycles. The van der Waals surface area contributed by atoms with Gasteiger partial charge in [-0.05, 0) is 38.8 Å². The van der Waals surface area contributed by atoms with E-state index in [1.54, 1.807) is 0 Å². The maximum absolute atomic E-state index is 11.0. The number of carboxylic acids is 1. The van der Waals surface area contributed by atoms with Crippen LogP contribution in [0, 0.1) is 0 Å². The Morgan fingerprint density at radius 1 is 1.29 bits per heavy atom. The van der Waals surface area contributed by atoms with Crippen molar-refractivity contribution in [2.24, 2.45) is 0 Å². The molecule has 0 spiro atoms. The van der Waals surface area contributed by atoms with E-state index in [0.717, 1.165) is 38.8 Å². The van der Waals surface area contributed by atoms with Gasteiger partial charge in [0.1, 0.15) is 5.54 Å². The van der Waals surface area contributed by atoms with Gasteiger partial charge in [0.25, 0.3) is 6.47 Å². The average molecular weight is 201 g/mol. The molecule has 80 valence electrons. The lowest BCUT2D eigenvalue weighted by molar-refractivity contribution is -0.148. The molecule has 2 fully saturated rings. The highest BCUT2D eigenvalue weighted by Gasteiger charge is 2.50. The maximum atomic E-state index is 11.0. The number of carboxylic acid groups (broad SMARTS) is 2. The van der Waals surface area contributed by atoms with Crippen LogP contribution >= 0.6 is 0 Å². The van der Waals surface area contributed by atoms with Crippen LogP contribution in [-0.4, -0.2) is 46.2 Å². The van der Waals surface area contributed by atoms with Gasteiger partial charge in [-0.3, -0.25) is 14.5 Å². The third-order valence-electron chi connectivity index (χ3n) is 3.04. The Bertz CT molecular complexity index is 219. The molecule has 0 bridgehead atoms. The molecule has 0 aromatic carbocycles. The van der Waals surface area contributed by atoms with E-state index in [1.807, 2.05) is 0 Å². The van der Waals surface area contributed by atoms with E-state index in [2.05, 4.69) is 4.90 Å². The fourth-order valence-electron chi connectivity index (χ4n) is 2.45. The van der Waals surface area contributed by atoms with Gasteiger partial charge < -0.3 is 10.2 Å². The molecule has 0 atom stereocenters. The monoisotopic (exact) mass is 201 g/mol. The molecule has 0 unspecified atom stereocenters. The molecule has 2 aliphatic heterocycles. The van der Waals surface area contributed by atoms with Crippen molar-refractivity contribution in [2.75, 3.05) is 13.1 Å². The van der Waals surface area contributed by atoms with Gasteiger partial charge in [-0.15, -0.1) is 0 Å². The summed E-state index contributed by atoms with van der Waals surface area (Å²) in [4.78, 5) is 21.5. The molecule has 2 heterocycles. The molecule has 0 aromatic heterocycles. The molecule has 14 heavy (non-hydrogen) atoms. The van der Waals surface area contributed by atoms with Gasteiger partial charge in [-0.25, -0.2) is 0 Å². The highest BCUT2D eigenvalue weighted by molar-refractivity contribution is 5.79. The Morgan fingerprint density at radius 2 is 1.71 bits per heavy atom. The maximum Gasteiger partial charge on any atom is 0.324 e. The summed E-state index contributed by atoms with van der Waals surface area (Å²) >= 11 is 0. The number of hydrogen-bond acceptors (Lipinski definition) is 3. The first-order valence-electron chi connectivity index (χ1n) is 4.73. The first-order chi connectivity index (χ1) is 6.67. The van der Waals surface area contributed by atoms with Gasteiger partial charge in [0.05, 0.1) is 0 Å². The van der Waals surface area contributed by atoms with E-state index in [0.29, 0.717) is 0 Å². The average Bonchev–Trinajstić information content (AvgIpc) is 2.61. The van der Waals surface area contributed by atoms with Crippen molar-refractivity contribution in [1.29, 1.82) is 0 Å². The minimum atomic E-state index is -0.604. The van der Waals surface area contributed by atoms with Crippen LogP contribution in [0.2, 0.25) is 0 Å². The van der Waals surface area contributed by atoms with Crippen LogP contribution in [0.5, 0.6) is 0 Å². The van der Waals surface area contributed by atoms with Crippen molar-refractivity contribution >= 4 is 12.4 Å². The molecule has 2 N–H and O–H groups in total. The van der Waals surface area contributed by atoms with Gasteiger partial charge in [0.2, 0.25) is 0 Å². The number of rotatable bonds is 1. The van der Waals surface area contributed by atoms with E-state index in [9.17, 15) is 4.79 Å². The van der Waals surface area contributed by atoms with E-state index in [1.165, 1.54) is 0 Å². The quantitative estimate of drug-likeness (QED) is 0.600. The van der Waals surface area contributed by atoms with Crippen LogP contribution in [-0.2, 0) is 9.59 Å². The Labute approximate surface area is 82.3 Å². The first kappa shape index (κ1) is 11.0.